The van der Waals surface area contributed by atoms with E-state index in [0.29, 0.717) is 50.4 Å². The van der Waals surface area contributed by atoms with Crippen molar-refractivity contribution >= 4 is 35.4 Å². The quantitative estimate of drug-likeness (QED) is 0.316. The van der Waals surface area contributed by atoms with Gasteiger partial charge in [0.05, 0.1) is 22.8 Å². The van der Waals surface area contributed by atoms with Crippen LogP contribution in [0.25, 0.3) is 40.8 Å². The number of pyridine rings is 2. The molecule has 0 saturated carbocycles. The lowest BCUT2D eigenvalue weighted by Gasteiger charge is -2.10. The number of methoxy groups -OCH3 is 1. The molecule has 0 atom stereocenters. The van der Waals surface area contributed by atoms with E-state index in [1.807, 2.05) is 18.2 Å². The summed E-state index contributed by atoms with van der Waals surface area (Å²) in [5.74, 6) is 2.05. The number of benzene rings is 1. The summed E-state index contributed by atoms with van der Waals surface area (Å²) in [4.78, 5) is 8.44. The molecule has 4 heterocycles. The zero-order valence-electron chi connectivity index (χ0n) is 17.6. The van der Waals surface area contributed by atoms with Gasteiger partial charge >= 0.3 is 0 Å². The van der Waals surface area contributed by atoms with E-state index in [1.54, 1.807) is 59.4 Å². The van der Waals surface area contributed by atoms with Crippen LogP contribution in [0.3, 0.4) is 0 Å². The summed E-state index contributed by atoms with van der Waals surface area (Å²) in [6.45, 7) is 0. The maximum Gasteiger partial charge on any atom is 0.248 e. The molecule has 0 aliphatic heterocycles. The van der Waals surface area contributed by atoms with E-state index in [4.69, 9.17) is 32.4 Å². The SMILES string of the molecule is COc1cc(-c2nnc(/C=C/c3nnc(-c4ccc(Cl)cn4)n3-c3ccccc3Cl)o2)ccn1. The highest BCUT2D eigenvalue weighted by Crippen LogP contribution is 2.28. The van der Waals surface area contributed by atoms with Gasteiger partial charge in [-0.1, -0.05) is 35.3 Å². The van der Waals surface area contributed by atoms with Crippen LogP contribution in [-0.2, 0) is 0 Å². The van der Waals surface area contributed by atoms with Gasteiger partial charge in [-0.05, 0) is 36.4 Å². The fourth-order valence-electron chi connectivity index (χ4n) is 3.17. The lowest BCUT2D eigenvalue weighted by atomic mass is 10.2. The molecule has 4 aromatic heterocycles. The zero-order valence-corrected chi connectivity index (χ0v) is 19.1. The highest BCUT2D eigenvalue weighted by Gasteiger charge is 2.17. The topological polar surface area (TPSA) is 105 Å². The standard InChI is InChI=1S/C23H15Cl2N7O2/c1-33-21-12-14(10-11-26-21)23-31-29-20(34-23)9-8-19-28-30-22(17-7-6-15(24)13-27-17)32(19)18-5-3-2-4-16(18)25/h2-13H,1H3/b9-8+. The Morgan fingerprint density at radius 2 is 1.82 bits per heavy atom. The molecule has 9 nitrogen and oxygen atoms in total. The smallest absolute Gasteiger partial charge is 0.248 e. The number of para-hydroxylation sites is 1. The first-order chi connectivity index (χ1) is 16.6. The lowest BCUT2D eigenvalue weighted by Crippen LogP contribution is -2.01. The Morgan fingerprint density at radius 3 is 2.62 bits per heavy atom. The average Bonchev–Trinajstić information content (AvgIpc) is 3.51. The predicted molar refractivity (Wildman–Crippen MR) is 128 cm³/mol. The van der Waals surface area contributed by atoms with Crippen LogP contribution in [0.15, 0.2) is 65.3 Å². The summed E-state index contributed by atoms with van der Waals surface area (Å²) in [6, 6.07) is 14.3. The van der Waals surface area contributed by atoms with E-state index in [1.165, 1.54) is 7.11 Å². The summed E-state index contributed by atoms with van der Waals surface area (Å²) < 4.78 is 12.7. The van der Waals surface area contributed by atoms with Crippen molar-refractivity contribution in [3.05, 3.63) is 82.7 Å². The molecule has 1 aromatic carbocycles. The first-order valence-electron chi connectivity index (χ1n) is 9.96. The number of nitrogens with zero attached hydrogens (tertiary/aromatic N) is 7. The van der Waals surface area contributed by atoms with Gasteiger partial charge < -0.3 is 9.15 Å². The molecule has 0 amide bonds. The van der Waals surface area contributed by atoms with Gasteiger partial charge in [0.15, 0.2) is 11.6 Å². The van der Waals surface area contributed by atoms with Crippen LogP contribution in [0.1, 0.15) is 11.7 Å². The van der Waals surface area contributed by atoms with Gasteiger partial charge in [0.25, 0.3) is 0 Å². The summed E-state index contributed by atoms with van der Waals surface area (Å²) in [5.41, 5.74) is 1.97. The van der Waals surface area contributed by atoms with Gasteiger partial charge in [0, 0.05) is 30.1 Å². The van der Waals surface area contributed by atoms with Gasteiger partial charge in [-0.2, -0.15) is 0 Å². The van der Waals surface area contributed by atoms with Crippen LogP contribution in [0.5, 0.6) is 5.88 Å². The molecular weight excluding hydrogens is 477 g/mol. The third kappa shape index (κ3) is 4.39. The maximum absolute atomic E-state index is 6.49. The number of hydrogen-bond donors (Lipinski definition) is 0. The van der Waals surface area contributed by atoms with E-state index in [0.717, 1.165) is 0 Å². The molecule has 0 saturated heterocycles. The van der Waals surface area contributed by atoms with E-state index in [9.17, 15) is 0 Å². The van der Waals surface area contributed by atoms with Crippen molar-refractivity contribution in [1.29, 1.82) is 0 Å². The van der Waals surface area contributed by atoms with Crippen molar-refractivity contribution in [2.75, 3.05) is 7.11 Å². The maximum atomic E-state index is 6.49. The van der Waals surface area contributed by atoms with Gasteiger partial charge in [-0.25, -0.2) is 4.98 Å². The summed E-state index contributed by atoms with van der Waals surface area (Å²) in [6.07, 6.45) is 6.50. The van der Waals surface area contributed by atoms with Gasteiger partial charge in [0.2, 0.25) is 17.7 Å². The molecule has 0 radical (unpaired) electrons. The fourth-order valence-corrected chi connectivity index (χ4v) is 3.50. The minimum Gasteiger partial charge on any atom is -0.481 e. The van der Waals surface area contributed by atoms with Crippen molar-refractivity contribution in [1.82, 2.24) is 34.9 Å². The molecule has 5 aromatic rings. The minimum absolute atomic E-state index is 0.283. The number of rotatable bonds is 6. The molecule has 34 heavy (non-hydrogen) atoms. The molecular formula is C23H15Cl2N7O2. The average molecular weight is 492 g/mol. The van der Waals surface area contributed by atoms with Crippen molar-refractivity contribution in [3.8, 4) is 34.5 Å². The number of aromatic nitrogens is 7. The first-order valence-corrected chi connectivity index (χ1v) is 10.7. The molecule has 0 spiro atoms. The van der Waals surface area contributed by atoms with Crippen molar-refractivity contribution in [2.45, 2.75) is 0 Å². The third-order valence-corrected chi connectivity index (χ3v) is 5.29. The number of halogens is 2. The molecule has 0 unspecified atom stereocenters. The van der Waals surface area contributed by atoms with Gasteiger partial charge in [-0.15, -0.1) is 20.4 Å². The van der Waals surface area contributed by atoms with Crippen LogP contribution in [0.2, 0.25) is 10.0 Å². The Morgan fingerprint density at radius 1 is 0.941 bits per heavy atom. The van der Waals surface area contributed by atoms with Crippen LogP contribution in [-0.4, -0.2) is 42.0 Å². The van der Waals surface area contributed by atoms with E-state index in [-0.39, 0.29) is 5.89 Å². The third-order valence-electron chi connectivity index (χ3n) is 4.74. The Balaban J connectivity index is 1.53. The highest BCUT2D eigenvalue weighted by atomic mass is 35.5. The molecule has 0 aliphatic rings. The largest absolute Gasteiger partial charge is 0.481 e. The molecule has 11 heteroatoms. The Kier molecular flexibility index (Phi) is 6.03. The Bertz CT molecular complexity index is 1480. The van der Waals surface area contributed by atoms with E-state index >= 15 is 0 Å². The second-order valence-corrected chi connectivity index (χ2v) is 7.74. The molecule has 0 N–H and O–H groups in total. The predicted octanol–water partition coefficient (Wildman–Crippen LogP) is 5.26. The molecule has 0 bridgehead atoms. The summed E-state index contributed by atoms with van der Waals surface area (Å²) in [7, 11) is 1.54. The second-order valence-electron chi connectivity index (χ2n) is 6.90. The van der Waals surface area contributed by atoms with Crippen molar-refractivity contribution < 1.29 is 9.15 Å². The normalized spacial score (nSPS) is 11.3. The van der Waals surface area contributed by atoms with Gasteiger partial charge in [-0.3, -0.25) is 9.55 Å². The monoisotopic (exact) mass is 491 g/mol. The summed E-state index contributed by atoms with van der Waals surface area (Å²) in [5, 5.41) is 17.9. The molecule has 5 rings (SSSR count). The zero-order chi connectivity index (χ0) is 23.5. The van der Waals surface area contributed by atoms with E-state index in [2.05, 4.69) is 30.4 Å². The summed E-state index contributed by atoms with van der Waals surface area (Å²) >= 11 is 12.5. The lowest BCUT2D eigenvalue weighted by molar-refractivity contribution is 0.398. The van der Waals surface area contributed by atoms with Crippen LogP contribution >= 0.6 is 23.2 Å². The molecule has 0 fully saturated rings. The van der Waals surface area contributed by atoms with Crippen molar-refractivity contribution in [2.24, 2.45) is 0 Å². The van der Waals surface area contributed by atoms with Gasteiger partial charge in [0.1, 0.15) is 5.69 Å². The minimum atomic E-state index is 0.283. The Hall–Kier alpha value is -4.08. The number of hydrogen-bond acceptors (Lipinski definition) is 8. The fraction of sp³-hybridized carbons (Fsp3) is 0.0435. The Labute approximate surface area is 203 Å². The molecule has 0 aliphatic carbocycles. The second kappa shape index (κ2) is 9.42. The van der Waals surface area contributed by atoms with Crippen LogP contribution in [0.4, 0.5) is 0 Å². The van der Waals surface area contributed by atoms with Crippen LogP contribution in [0, 0.1) is 0 Å². The first kappa shape index (κ1) is 21.7. The van der Waals surface area contributed by atoms with Crippen molar-refractivity contribution in [3.63, 3.8) is 0 Å². The van der Waals surface area contributed by atoms with Crippen LogP contribution < -0.4 is 4.74 Å². The van der Waals surface area contributed by atoms with E-state index < -0.39 is 0 Å². The molecule has 168 valence electrons. The highest BCUT2D eigenvalue weighted by molar-refractivity contribution is 6.32. The number of ether oxygens (including phenoxy) is 1.